The monoisotopic (exact) mass is 497 g/mol. The van der Waals surface area contributed by atoms with E-state index in [0.717, 1.165) is 12.2 Å². The highest BCUT2D eigenvalue weighted by molar-refractivity contribution is 5.88. The first-order chi connectivity index (χ1) is 17.0. The number of hydrogen-bond donors (Lipinski definition) is 5. The van der Waals surface area contributed by atoms with E-state index in [1.165, 1.54) is 21.9 Å². The minimum absolute atomic E-state index is 0.316. The van der Waals surface area contributed by atoms with Crippen LogP contribution in [0.2, 0.25) is 0 Å². The lowest BCUT2D eigenvalue weighted by Crippen LogP contribution is -2.42. The van der Waals surface area contributed by atoms with Gasteiger partial charge in [0.25, 0.3) is 0 Å². The second-order valence-corrected chi connectivity index (χ2v) is 8.38. The second kappa shape index (κ2) is 13.2. The number of hydrogen-bond acceptors (Lipinski definition) is 6. The SMILES string of the molecule is CNC(CCOc1ccc2ccccc2c1)c1ccc(C)cc1.O=C(O)CC(O)(CC(=O)O)C(=O)O. The van der Waals surface area contributed by atoms with Crippen molar-refractivity contribution < 1.29 is 39.5 Å². The largest absolute Gasteiger partial charge is 0.494 e. The van der Waals surface area contributed by atoms with E-state index >= 15 is 0 Å². The Morgan fingerprint density at radius 2 is 1.47 bits per heavy atom. The van der Waals surface area contributed by atoms with E-state index in [1.54, 1.807) is 0 Å². The third kappa shape index (κ3) is 8.68. The number of carbonyl (C=O) groups is 3. The van der Waals surface area contributed by atoms with Crippen LogP contribution >= 0.6 is 0 Å². The summed E-state index contributed by atoms with van der Waals surface area (Å²) in [6.07, 6.45) is -1.35. The summed E-state index contributed by atoms with van der Waals surface area (Å²) in [4.78, 5) is 30.5. The molecule has 0 aromatic heterocycles. The molecule has 0 spiro atoms. The Balaban J connectivity index is 0.000000302. The number of ether oxygens (including phenoxy) is 1. The molecular weight excluding hydrogens is 466 g/mol. The summed E-state index contributed by atoms with van der Waals surface area (Å²) in [6.45, 7) is 2.80. The standard InChI is InChI=1S/C21H23NO.C6H8O7/c1-16-7-9-18(10-8-16)21(22-2)13-14-23-20-12-11-17-5-3-4-6-19(17)15-20;7-3(8)1-6(13,5(11)12)2-4(9)10/h3-12,15,21-22H,13-14H2,1-2H3;13H,1-2H2,(H,7,8)(H,9,10)(H,11,12). The smallest absolute Gasteiger partial charge is 0.336 e. The van der Waals surface area contributed by atoms with Crippen LogP contribution in [0.5, 0.6) is 5.75 Å². The van der Waals surface area contributed by atoms with Crippen LogP contribution in [-0.2, 0) is 14.4 Å². The minimum atomic E-state index is -2.74. The van der Waals surface area contributed by atoms with E-state index in [2.05, 4.69) is 72.9 Å². The molecule has 9 nitrogen and oxygen atoms in total. The highest BCUT2D eigenvalue weighted by atomic mass is 16.5. The number of carboxylic acid groups (broad SMARTS) is 3. The second-order valence-electron chi connectivity index (χ2n) is 8.38. The molecule has 0 radical (unpaired) electrons. The number of aliphatic carboxylic acids is 3. The Bertz CT molecular complexity index is 1160. The molecule has 36 heavy (non-hydrogen) atoms. The summed E-state index contributed by atoms with van der Waals surface area (Å²) < 4.78 is 5.95. The van der Waals surface area contributed by atoms with Crippen LogP contribution in [0, 0.1) is 6.92 Å². The maximum atomic E-state index is 10.3. The molecule has 1 unspecified atom stereocenters. The van der Waals surface area contributed by atoms with Crippen LogP contribution in [0.4, 0.5) is 0 Å². The Morgan fingerprint density at radius 3 is 2.00 bits per heavy atom. The van der Waals surface area contributed by atoms with Crippen molar-refractivity contribution in [1.29, 1.82) is 0 Å². The first kappa shape index (κ1) is 28.3. The Morgan fingerprint density at radius 1 is 0.889 bits per heavy atom. The highest BCUT2D eigenvalue weighted by Crippen LogP contribution is 2.22. The van der Waals surface area contributed by atoms with Gasteiger partial charge in [-0.15, -0.1) is 0 Å². The highest BCUT2D eigenvalue weighted by Gasteiger charge is 2.40. The predicted octanol–water partition coefficient (Wildman–Crippen LogP) is 3.63. The summed E-state index contributed by atoms with van der Waals surface area (Å²) in [5.74, 6) is -4.09. The lowest BCUT2D eigenvalue weighted by Gasteiger charge is -2.18. The maximum absolute atomic E-state index is 10.3. The fraction of sp³-hybridized carbons (Fsp3) is 0.296. The molecule has 0 saturated heterocycles. The number of aryl methyl sites for hydroxylation is 1. The first-order valence-corrected chi connectivity index (χ1v) is 11.3. The zero-order chi connectivity index (χ0) is 26.7. The van der Waals surface area contributed by atoms with Crippen LogP contribution in [-0.4, -0.2) is 57.6 Å². The molecule has 0 aliphatic carbocycles. The summed E-state index contributed by atoms with van der Waals surface area (Å²) in [7, 11) is 2.00. The van der Waals surface area contributed by atoms with E-state index in [4.69, 9.17) is 25.2 Å². The average Bonchev–Trinajstić information content (AvgIpc) is 2.82. The number of aliphatic hydroxyl groups is 1. The molecular formula is C27H31NO8. The molecule has 0 fully saturated rings. The van der Waals surface area contributed by atoms with Crippen molar-refractivity contribution in [3.63, 3.8) is 0 Å². The van der Waals surface area contributed by atoms with Crippen molar-refractivity contribution >= 4 is 28.7 Å². The lowest BCUT2D eigenvalue weighted by atomic mass is 9.96. The van der Waals surface area contributed by atoms with Gasteiger partial charge >= 0.3 is 17.9 Å². The van der Waals surface area contributed by atoms with Crippen molar-refractivity contribution in [2.75, 3.05) is 13.7 Å². The van der Waals surface area contributed by atoms with Crippen molar-refractivity contribution in [2.45, 2.75) is 37.8 Å². The molecule has 0 saturated carbocycles. The van der Waals surface area contributed by atoms with Gasteiger partial charge in [0.2, 0.25) is 0 Å². The normalized spacial score (nSPS) is 11.8. The Labute approximate surface area is 209 Å². The third-order valence-corrected chi connectivity index (χ3v) is 5.51. The number of fused-ring (bicyclic) bond motifs is 1. The van der Waals surface area contributed by atoms with Gasteiger partial charge in [-0.3, -0.25) is 9.59 Å². The van der Waals surface area contributed by atoms with Gasteiger partial charge in [-0.1, -0.05) is 60.2 Å². The lowest BCUT2D eigenvalue weighted by molar-refractivity contribution is -0.170. The molecule has 9 heteroatoms. The van der Waals surface area contributed by atoms with Crippen LogP contribution in [0.3, 0.4) is 0 Å². The van der Waals surface area contributed by atoms with E-state index in [-0.39, 0.29) is 0 Å². The molecule has 192 valence electrons. The van der Waals surface area contributed by atoms with Gasteiger partial charge in [0.15, 0.2) is 5.60 Å². The van der Waals surface area contributed by atoms with E-state index in [1.807, 2.05) is 13.1 Å². The molecule has 3 rings (SSSR count). The average molecular weight is 498 g/mol. The Hall–Kier alpha value is -3.95. The first-order valence-electron chi connectivity index (χ1n) is 11.3. The van der Waals surface area contributed by atoms with Crippen LogP contribution in [0.1, 0.15) is 36.4 Å². The van der Waals surface area contributed by atoms with E-state index in [9.17, 15) is 14.4 Å². The van der Waals surface area contributed by atoms with E-state index < -0.39 is 36.4 Å². The summed E-state index contributed by atoms with van der Waals surface area (Å²) >= 11 is 0. The third-order valence-electron chi connectivity index (χ3n) is 5.51. The van der Waals surface area contributed by atoms with Gasteiger partial charge in [-0.05, 0) is 42.4 Å². The molecule has 0 bridgehead atoms. The van der Waals surface area contributed by atoms with Crippen molar-refractivity contribution in [3.8, 4) is 5.75 Å². The van der Waals surface area contributed by atoms with Gasteiger partial charge in [0.1, 0.15) is 5.75 Å². The topological polar surface area (TPSA) is 153 Å². The molecule has 0 amide bonds. The van der Waals surface area contributed by atoms with Crippen LogP contribution in [0.25, 0.3) is 10.8 Å². The van der Waals surface area contributed by atoms with Gasteiger partial charge in [0.05, 0.1) is 19.4 Å². The van der Waals surface area contributed by atoms with Crippen LogP contribution < -0.4 is 10.1 Å². The molecule has 0 aliphatic heterocycles. The fourth-order valence-corrected chi connectivity index (χ4v) is 3.54. The predicted molar refractivity (Wildman–Crippen MR) is 134 cm³/mol. The molecule has 1 atom stereocenters. The molecule has 3 aromatic rings. The molecule has 0 aliphatic rings. The maximum Gasteiger partial charge on any atom is 0.336 e. The van der Waals surface area contributed by atoms with Gasteiger partial charge in [-0.25, -0.2) is 4.79 Å². The van der Waals surface area contributed by atoms with Crippen LogP contribution in [0.15, 0.2) is 66.7 Å². The number of benzene rings is 3. The molecule has 0 heterocycles. The Kier molecular flexibility index (Phi) is 10.4. The molecule has 3 aromatic carbocycles. The van der Waals surface area contributed by atoms with Crippen molar-refractivity contribution in [2.24, 2.45) is 0 Å². The van der Waals surface area contributed by atoms with Gasteiger partial charge in [-0.2, -0.15) is 0 Å². The zero-order valence-corrected chi connectivity index (χ0v) is 20.2. The molecule has 5 N–H and O–H groups in total. The van der Waals surface area contributed by atoms with Crippen molar-refractivity contribution in [3.05, 3.63) is 77.9 Å². The summed E-state index contributed by atoms with van der Waals surface area (Å²) in [6, 6.07) is 23.6. The fourth-order valence-electron chi connectivity index (χ4n) is 3.54. The van der Waals surface area contributed by atoms with E-state index in [0.29, 0.717) is 12.6 Å². The summed E-state index contributed by atoms with van der Waals surface area (Å²) in [5, 5.41) is 39.6. The number of rotatable bonds is 11. The summed E-state index contributed by atoms with van der Waals surface area (Å²) in [5.41, 5.74) is -0.145. The van der Waals surface area contributed by atoms with Gasteiger partial charge < -0.3 is 30.5 Å². The quantitative estimate of drug-likeness (QED) is 0.267. The number of carboxylic acids is 3. The zero-order valence-electron chi connectivity index (χ0n) is 20.2. The van der Waals surface area contributed by atoms with Crippen molar-refractivity contribution in [1.82, 2.24) is 5.32 Å². The number of nitrogens with one attached hydrogen (secondary N) is 1. The van der Waals surface area contributed by atoms with Gasteiger partial charge in [0, 0.05) is 12.5 Å². The minimum Gasteiger partial charge on any atom is -0.494 e.